The molecule has 6 nitrogen and oxygen atoms in total. The van der Waals surface area contributed by atoms with Gasteiger partial charge in [-0.3, -0.25) is 9.69 Å². The summed E-state index contributed by atoms with van der Waals surface area (Å²) >= 11 is 13.7. The van der Waals surface area contributed by atoms with Crippen LogP contribution in [0, 0.1) is 0 Å². The molecule has 1 amide bonds. The lowest BCUT2D eigenvalue weighted by Gasteiger charge is -2.39. The summed E-state index contributed by atoms with van der Waals surface area (Å²) in [5.41, 5.74) is 0.875. The number of hydrogen-bond acceptors (Lipinski definition) is 6. The lowest BCUT2D eigenvalue weighted by Crippen LogP contribution is -2.50. The molecular weight excluding hydrogens is 417 g/mol. The van der Waals surface area contributed by atoms with Gasteiger partial charge in [-0.25, -0.2) is 0 Å². The predicted octanol–water partition coefficient (Wildman–Crippen LogP) is 4.01. The monoisotopic (exact) mass is 439 g/mol. The van der Waals surface area contributed by atoms with E-state index in [1.165, 1.54) is 11.3 Å². The molecule has 3 heterocycles. The van der Waals surface area contributed by atoms with Gasteiger partial charge in [-0.15, -0.1) is 10.2 Å². The van der Waals surface area contributed by atoms with Gasteiger partial charge >= 0.3 is 0 Å². The molecule has 9 heteroatoms. The normalized spacial score (nSPS) is 24.4. The van der Waals surface area contributed by atoms with Crippen molar-refractivity contribution in [2.75, 3.05) is 26.0 Å². The van der Waals surface area contributed by atoms with E-state index in [0.717, 1.165) is 41.4 Å². The molecule has 2 bridgehead atoms. The molecule has 1 aromatic heterocycles. The molecule has 0 saturated carbocycles. The van der Waals surface area contributed by atoms with Gasteiger partial charge in [0.15, 0.2) is 0 Å². The molecule has 150 valence electrons. The van der Waals surface area contributed by atoms with E-state index in [2.05, 4.69) is 20.4 Å². The fourth-order valence-corrected chi connectivity index (χ4v) is 5.53. The summed E-state index contributed by atoms with van der Waals surface area (Å²) in [6.07, 6.45) is 4.36. The van der Waals surface area contributed by atoms with Crippen LogP contribution < -0.4 is 5.32 Å². The van der Waals surface area contributed by atoms with Crippen molar-refractivity contribution in [3.63, 3.8) is 0 Å². The number of aromatic nitrogens is 2. The minimum absolute atomic E-state index is 0.178. The summed E-state index contributed by atoms with van der Waals surface area (Å²) in [6.45, 7) is 0.521. The van der Waals surface area contributed by atoms with Crippen molar-refractivity contribution in [1.82, 2.24) is 20.0 Å². The first-order valence-corrected chi connectivity index (χ1v) is 11.0. The van der Waals surface area contributed by atoms with Crippen molar-refractivity contribution in [2.24, 2.45) is 0 Å². The Morgan fingerprint density at radius 3 is 2.43 bits per heavy atom. The van der Waals surface area contributed by atoms with Gasteiger partial charge in [0.05, 0.1) is 6.54 Å². The lowest BCUT2D eigenvalue weighted by molar-refractivity contribution is -0.131. The highest BCUT2D eigenvalue weighted by Crippen LogP contribution is 2.38. The van der Waals surface area contributed by atoms with E-state index in [1.807, 2.05) is 26.2 Å². The Hall–Kier alpha value is -1.41. The molecule has 2 fully saturated rings. The highest BCUT2D eigenvalue weighted by Gasteiger charge is 2.41. The van der Waals surface area contributed by atoms with E-state index in [-0.39, 0.29) is 5.91 Å². The molecule has 2 unspecified atom stereocenters. The average molecular weight is 440 g/mol. The first kappa shape index (κ1) is 19.9. The Labute approximate surface area is 178 Å². The standard InChI is InChI=1S/C19H23Cl2N5OS/c1-25(2)17(27)10-26-15-3-4-16(26)9-14(8-15)22-19-24-23-18(28-19)11-5-12(20)7-13(21)6-11/h5-7,14-16H,3-4,8-10H2,1-2H3,(H,22,24). The second-order valence-electron chi connectivity index (χ2n) is 7.73. The Morgan fingerprint density at radius 1 is 1.18 bits per heavy atom. The molecule has 2 aliphatic heterocycles. The number of hydrogen-bond donors (Lipinski definition) is 1. The molecule has 0 spiro atoms. The van der Waals surface area contributed by atoms with Crippen LogP contribution in [0.25, 0.3) is 10.6 Å². The summed E-state index contributed by atoms with van der Waals surface area (Å²) < 4.78 is 0. The molecule has 28 heavy (non-hydrogen) atoms. The fraction of sp³-hybridized carbons (Fsp3) is 0.526. The number of amides is 1. The first-order valence-electron chi connectivity index (χ1n) is 9.41. The minimum Gasteiger partial charge on any atom is -0.357 e. The third-order valence-corrected chi connectivity index (χ3v) is 6.90. The maximum Gasteiger partial charge on any atom is 0.236 e. The Bertz CT molecular complexity index is 840. The molecule has 1 aromatic carbocycles. The van der Waals surface area contributed by atoms with Gasteiger partial charge in [-0.05, 0) is 43.9 Å². The van der Waals surface area contributed by atoms with Crippen molar-refractivity contribution in [3.05, 3.63) is 28.2 Å². The van der Waals surface area contributed by atoms with Crippen LogP contribution >= 0.6 is 34.5 Å². The number of nitrogens with zero attached hydrogens (tertiary/aromatic N) is 4. The molecule has 0 aliphatic carbocycles. The van der Waals surface area contributed by atoms with Crippen molar-refractivity contribution < 1.29 is 4.79 Å². The van der Waals surface area contributed by atoms with Gasteiger partial charge in [-0.2, -0.15) is 0 Å². The summed E-state index contributed by atoms with van der Waals surface area (Å²) in [7, 11) is 3.64. The number of anilines is 1. The molecule has 1 N–H and O–H groups in total. The van der Waals surface area contributed by atoms with Crippen LogP contribution in [0.1, 0.15) is 25.7 Å². The van der Waals surface area contributed by atoms with E-state index in [1.54, 1.807) is 11.0 Å². The van der Waals surface area contributed by atoms with E-state index in [9.17, 15) is 4.79 Å². The zero-order valence-electron chi connectivity index (χ0n) is 15.9. The van der Waals surface area contributed by atoms with E-state index in [0.29, 0.717) is 34.7 Å². The number of rotatable bonds is 5. The third kappa shape index (κ3) is 4.27. The highest BCUT2D eigenvalue weighted by molar-refractivity contribution is 7.18. The van der Waals surface area contributed by atoms with Gasteiger partial charge in [-0.1, -0.05) is 34.5 Å². The molecule has 2 atom stereocenters. The zero-order chi connectivity index (χ0) is 19.8. The number of fused-ring (bicyclic) bond motifs is 2. The smallest absolute Gasteiger partial charge is 0.236 e. The molecule has 2 aromatic rings. The maximum absolute atomic E-state index is 12.1. The Morgan fingerprint density at radius 2 is 1.82 bits per heavy atom. The summed E-state index contributed by atoms with van der Waals surface area (Å²) in [5, 5.41) is 14.9. The van der Waals surface area contributed by atoms with Gasteiger partial charge in [0, 0.05) is 47.8 Å². The topological polar surface area (TPSA) is 61.4 Å². The van der Waals surface area contributed by atoms with Crippen LogP contribution in [0.5, 0.6) is 0 Å². The number of carbonyl (C=O) groups is 1. The van der Waals surface area contributed by atoms with Crippen LogP contribution in [0.4, 0.5) is 5.13 Å². The molecule has 0 radical (unpaired) electrons. The number of nitrogens with one attached hydrogen (secondary N) is 1. The highest BCUT2D eigenvalue weighted by atomic mass is 35.5. The second kappa shape index (κ2) is 8.14. The van der Waals surface area contributed by atoms with Crippen LogP contribution in [0.15, 0.2) is 18.2 Å². The zero-order valence-corrected chi connectivity index (χ0v) is 18.2. The van der Waals surface area contributed by atoms with Gasteiger partial charge in [0.2, 0.25) is 11.0 Å². The number of benzene rings is 1. The summed E-state index contributed by atoms with van der Waals surface area (Å²) in [4.78, 5) is 16.2. The van der Waals surface area contributed by atoms with Crippen LogP contribution in [-0.4, -0.2) is 64.7 Å². The Balaban J connectivity index is 1.40. The van der Waals surface area contributed by atoms with Gasteiger partial charge in [0.25, 0.3) is 0 Å². The first-order chi connectivity index (χ1) is 13.4. The van der Waals surface area contributed by atoms with E-state index in [4.69, 9.17) is 23.2 Å². The number of likely N-dealkylation sites (N-methyl/N-ethyl adjacent to an activating group) is 1. The number of halogens is 2. The van der Waals surface area contributed by atoms with Crippen molar-refractivity contribution in [1.29, 1.82) is 0 Å². The number of carbonyl (C=O) groups excluding carboxylic acids is 1. The van der Waals surface area contributed by atoms with E-state index < -0.39 is 0 Å². The second-order valence-corrected chi connectivity index (χ2v) is 9.58. The third-order valence-electron chi connectivity index (χ3n) is 5.56. The Kier molecular flexibility index (Phi) is 5.78. The van der Waals surface area contributed by atoms with Gasteiger partial charge < -0.3 is 10.2 Å². The van der Waals surface area contributed by atoms with Gasteiger partial charge in [0.1, 0.15) is 5.01 Å². The summed E-state index contributed by atoms with van der Waals surface area (Å²) in [5.74, 6) is 0.178. The SMILES string of the molecule is CN(C)C(=O)CN1C2CCC1CC(Nc1nnc(-c3cc(Cl)cc(Cl)c3)s1)C2. The van der Waals surface area contributed by atoms with Crippen LogP contribution in [-0.2, 0) is 4.79 Å². The summed E-state index contributed by atoms with van der Waals surface area (Å²) in [6, 6.07) is 6.67. The fourth-order valence-electron chi connectivity index (χ4n) is 4.20. The minimum atomic E-state index is 0.178. The van der Waals surface area contributed by atoms with Crippen molar-refractivity contribution >= 4 is 45.6 Å². The van der Waals surface area contributed by atoms with Crippen LogP contribution in [0.3, 0.4) is 0 Å². The predicted molar refractivity (Wildman–Crippen MR) is 114 cm³/mol. The maximum atomic E-state index is 12.1. The molecule has 2 saturated heterocycles. The van der Waals surface area contributed by atoms with Crippen molar-refractivity contribution in [3.8, 4) is 10.6 Å². The number of piperidine rings is 1. The van der Waals surface area contributed by atoms with E-state index >= 15 is 0 Å². The van der Waals surface area contributed by atoms with Crippen LogP contribution in [0.2, 0.25) is 10.0 Å². The molecule has 4 rings (SSSR count). The molecular formula is C19H23Cl2N5OS. The molecule has 2 aliphatic rings. The lowest BCUT2D eigenvalue weighted by atomic mass is 9.97. The largest absolute Gasteiger partial charge is 0.357 e. The quantitative estimate of drug-likeness (QED) is 0.762. The van der Waals surface area contributed by atoms with Crippen molar-refractivity contribution in [2.45, 2.75) is 43.8 Å². The average Bonchev–Trinajstić information content (AvgIpc) is 3.16.